The van der Waals surface area contributed by atoms with Gasteiger partial charge in [0.2, 0.25) is 0 Å². The van der Waals surface area contributed by atoms with E-state index >= 15 is 0 Å². The summed E-state index contributed by atoms with van der Waals surface area (Å²) in [5.41, 5.74) is 0.788. The highest BCUT2D eigenvalue weighted by molar-refractivity contribution is 5.22. The third-order valence-electron chi connectivity index (χ3n) is 5.01. The van der Waals surface area contributed by atoms with E-state index in [4.69, 9.17) is 0 Å². The summed E-state index contributed by atoms with van der Waals surface area (Å²) in [5, 5.41) is 9.31. The van der Waals surface area contributed by atoms with Gasteiger partial charge in [-0.3, -0.25) is 0 Å². The fourth-order valence-electron chi connectivity index (χ4n) is 3.55. The second kappa shape index (κ2) is 5.54. The Morgan fingerprint density at radius 1 is 1.25 bits per heavy atom. The van der Waals surface area contributed by atoms with Crippen LogP contribution in [0.1, 0.15) is 43.6 Å². The highest BCUT2D eigenvalue weighted by Crippen LogP contribution is 2.42. The summed E-state index contributed by atoms with van der Waals surface area (Å²) in [6, 6.07) is 9.66. The van der Waals surface area contributed by atoms with Crippen LogP contribution in [0.2, 0.25) is 0 Å². The molecule has 20 heavy (non-hydrogen) atoms. The normalized spacial score (nSPS) is 23.0. The number of halogens is 1. The molecule has 0 unspecified atom stereocenters. The molecule has 0 radical (unpaired) electrons. The van der Waals surface area contributed by atoms with E-state index < -0.39 is 0 Å². The Kier molecular flexibility index (Phi) is 3.76. The van der Waals surface area contributed by atoms with Gasteiger partial charge >= 0.3 is 0 Å². The molecule has 0 N–H and O–H groups in total. The van der Waals surface area contributed by atoms with Crippen molar-refractivity contribution in [3.8, 4) is 6.07 Å². The molecule has 3 rings (SSSR count). The molecule has 1 aliphatic heterocycles. The summed E-state index contributed by atoms with van der Waals surface area (Å²) in [6.45, 7) is 2.89. The summed E-state index contributed by atoms with van der Waals surface area (Å²) < 4.78 is 13.8. The van der Waals surface area contributed by atoms with Gasteiger partial charge in [-0.25, -0.2) is 4.39 Å². The average Bonchev–Trinajstić information content (AvgIpc) is 2.44. The molecule has 3 heteroatoms. The Bertz CT molecular complexity index is 508. The van der Waals surface area contributed by atoms with E-state index in [1.165, 1.54) is 6.42 Å². The smallest absolute Gasteiger partial charge is 0.126 e. The van der Waals surface area contributed by atoms with Crippen molar-refractivity contribution in [2.24, 2.45) is 5.41 Å². The molecule has 0 atom stereocenters. The van der Waals surface area contributed by atoms with Crippen LogP contribution < -0.4 is 0 Å². The lowest BCUT2D eigenvalue weighted by Crippen LogP contribution is -2.44. The minimum Gasteiger partial charge on any atom is -0.302 e. The second-order valence-electron chi connectivity index (χ2n) is 6.32. The highest BCUT2D eigenvalue weighted by Gasteiger charge is 2.39. The maximum absolute atomic E-state index is 13.8. The molecule has 1 saturated heterocycles. The van der Waals surface area contributed by atoms with E-state index in [9.17, 15) is 9.65 Å². The van der Waals surface area contributed by atoms with E-state index in [1.54, 1.807) is 12.1 Å². The molecular formula is C17H21FN2. The van der Waals surface area contributed by atoms with Crippen LogP contribution in [0.3, 0.4) is 0 Å². The summed E-state index contributed by atoms with van der Waals surface area (Å²) in [6.07, 6.45) is 5.30. The minimum absolute atomic E-state index is 0.0709. The van der Waals surface area contributed by atoms with Gasteiger partial charge in [-0.05, 0) is 56.3 Å². The Morgan fingerprint density at radius 2 is 1.95 bits per heavy atom. The molecule has 106 valence electrons. The monoisotopic (exact) mass is 272 g/mol. The molecule has 1 saturated carbocycles. The fourth-order valence-corrected chi connectivity index (χ4v) is 3.55. The number of hydrogen-bond donors (Lipinski definition) is 0. The van der Waals surface area contributed by atoms with Gasteiger partial charge in [0.15, 0.2) is 0 Å². The van der Waals surface area contributed by atoms with Gasteiger partial charge in [0, 0.05) is 6.54 Å². The lowest BCUT2D eigenvalue weighted by atomic mass is 9.69. The molecule has 1 aromatic carbocycles. The first kappa shape index (κ1) is 13.6. The van der Waals surface area contributed by atoms with Crippen LogP contribution in [-0.4, -0.2) is 24.5 Å². The lowest BCUT2D eigenvalue weighted by molar-refractivity contribution is 0.100. The lowest BCUT2D eigenvalue weighted by Gasteiger charge is -2.42. The van der Waals surface area contributed by atoms with Crippen molar-refractivity contribution in [1.29, 1.82) is 5.26 Å². The Hall–Kier alpha value is -1.40. The molecule has 2 fully saturated rings. The maximum atomic E-state index is 13.8. The molecule has 1 aliphatic carbocycles. The summed E-state index contributed by atoms with van der Waals surface area (Å²) in [5.74, 6) is 0.269. The molecule has 0 amide bonds. The zero-order chi connectivity index (χ0) is 14.0. The van der Waals surface area contributed by atoms with Crippen molar-refractivity contribution in [2.75, 3.05) is 19.6 Å². The number of rotatable bonds is 3. The molecule has 0 spiro atoms. The standard InChI is InChI=1S/C17H21FN2/c18-16-5-2-1-4-15(16)14-6-10-20(11-7-14)13-17(12-19)8-3-9-17/h1-2,4-5,14H,3,6-11,13H2. The number of nitrogens with zero attached hydrogens (tertiary/aromatic N) is 2. The Labute approximate surface area is 120 Å². The number of hydrogen-bond acceptors (Lipinski definition) is 2. The van der Waals surface area contributed by atoms with E-state index in [2.05, 4.69) is 11.0 Å². The summed E-state index contributed by atoms with van der Waals surface area (Å²) in [4.78, 5) is 2.40. The van der Waals surface area contributed by atoms with Crippen molar-refractivity contribution in [1.82, 2.24) is 4.90 Å². The van der Waals surface area contributed by atoms with Crippen molar-refractivity contribution >= 4 is 0 Å². The predicted octanol–water partition coefficient (Wildman–Crippen LogP) is 3.70. The molecule has 2 aliphatic rings. The average molecular weight is 272 g/mol. The number of benzene rings is 1. The molecule has 1 heterocycles. The quantitative estimate of drug-likeness (QED) is 0.839. The predicted molar refractivity (Wildman–Crippen MR) is 76.7 cm³/mol. The SMILES string of the molecule is N#CC1(CN2CCC(c3ccccc3F)CC2)CCC1. The van der Waals surface area contributed by atoms with Crippen molar-refractivity contribution in [3.05, 3.63) is 35.6 Å². The van der Waals surface area contributed by atoms with Crippen LogP contribution in [-0.2, 0) is 0 Å². The zero-order valence-corrected chi connectivity index (χ0v) is 11.8. The molecule has 2 nitrogen and oxygen atoms in total. The second-order valence-corrected chi connectivity index (χ2v) is 6.32. The Balaban J connectivity index is 1.58. The van der Waals surface area contributed by atoms with Crippen LogP contribution in [0.5, 0.6) is 0 Å². The van der Waals surface area contributed by atoms with Crippen LogP contribution in [0.25, 0.3) is 0 Å². The van der Waals surface area contributed by atoms with Crippen molar-refractivity contribution in [2.45, 2.75) is 38.0 Å². The molecule has 0 aromatic heterocycles. The zero-order valence-electron chi connectivity index (χ0n) is 11.8. The summed E-state index contributed by atoms with van der Waals surface area (Å²) in [7, 11) is 0. The largest absolute Gasteiger partial charge is 0.302 e. The highest BCUT2D eigenvalue weighted by atomic mass is 19.1. The first-order valence-corrected chi connectivity index (χ1v) is 7.60. The van der Waals surface area contributed by atoms with Crippen LogP contribution in [0.4, 0.5) is 4.39 Å². The third kappa shape index (κ3) is 2.58. The van der Waals surface area contributed by atoms with Gasteiger partial charge < -0.3 is 4.90 Å². The van der Waals surface area contributed by atoms with Gasteiger partial charge in [-0.2, -0.15) is 5.26 Å². The topological polar surface area (TPSA) is 27.0 Å². The van der Waals surface area contributed by atoms with Gasteiger partial charge in [0.1, 0.15) is 5.82 Å². The molecule has 0 bridgehead atoms. The van der Waals surface area contributed by atoms with E-state index in [0.29, 0.717) is 5.92 Å². The number of likely N-dealkylation sites (tertiary alicyclic amines) is 1. The molecular weight excluding hydrogens is 251 g/mol. The Morgan fingerprint density at radius 3 is 2.50 bits per heavy atom. The third-order valence-corrected chi connectivity index (χ3v) is 5.01. The van der Waals surface area contributed by atoms with Gasteiger partial charge in [-0.15, -0.1) is 0 Å². The fraction of sp³-hybridized carbons (Fsp3) is 0.588. The van der Waals surface area contributed by atoms with Gasteiger partial charge in [-0.1, -0.05) is 24.6 Å². The first-order chi connectivity index (χ1) is 9.72. The van der Waals surface area contributed by atoms with Crippen molar-refractivity contribution in [3.63, 3.8) is 0 Å². The van der Waals surface area contributed by atoms with E-state index in [-0.39, 0.29) is 11.2 Å². The summed E-state index contributed by atoms with van der Waals surface area (Å²) >= 11 is 0. The number of nitriles is 1. The minimum atomic E-state index is -0.0785. The van der Waals surface area contributed by atoms with Crippen LogP contribution in [0.15, 0.2) is 24.3 Å². The van der Waals surface area contributed by atoms with Gasteiger partial charge in [0.25, 0.3) is 0 Å². The van der Waals surface area contributed by atoms with Gasteiger partial charge in [0.05, 0.1) is 11.5 Å². The number of piperidine rings is 1. The van der Waals surface area contributed by atoms with E-state index in [1.807, 2.05) is 12.1 Å². The maximum Gasteiger partial charge on any atom is 0.126 e. The van der Waals surface area contributed by atoms with Crippen molar-refractivity contribution < 1.29 is 4.39 Å². The first-order valence-electron chi connectivity index (χ1n) is 7.60. The van der Waals surface area contributed by atoms with Crippen LogP contribution in [0, 0.1) is 22.6 Å². The van der Waals surface area contributed by atoms with Crippen LogP contribution >= 0.6 is 0 Å². The molecule has 1 aromatic rings. The van der Waals surface area contributed by atoms with E-state index in [0.717, 1.165) is 50.9 Å².